The number of nitrogens with zero attached hydrogens (tertiary/aromatic N) is 2. The van der Waals surface area contributed by atoms with E-state index in [-0.39, 0.29) is 23.6 Å². The number of benzene rings is 3. The fourth-order valence-corrected chi connectivity index (χ4v) is 6.98. The maximum Gasteiger partial charge on any atom is 0.337 e. The Kier molecular flexibility index (Phi) is 6.78. The molecule has 1 heterocycles. The predicted molar refractivity (Wildman–Crippen MR) is 158 cm³/mol. The molecule has 0 bridgehead atoms. The van der Waals surface area contributed by atoms with Crippen LogP contribution in [-0.2, 0) is 21.4 Å². The molecule has 2 aliphatic rings. The Bertz CT molecular complexity index is 1680. The smallest absolute Gasteiger partial charge is 0.337 e. The number of aliphatic hydroxyl groups excluding tert-OH is 1. The van der Waals surface area contributed by atoms with Crippen LogP contribution in [0.4, 0.5) is 0 Å². The van der Waals surface area contributed by atoms with E-state index in [2.05, 4.69) is 24.3 Å². The zero-order chi connectivity index (χ0) is 28.7. The van der Waals surface area contributed by atoms with Gasteiger partial charge in [0, 0.05) is 28.0 Å². The maximum absolute atomic E-state index is 13.2. The summed E-state index contributed by atoms with van der Waals surface area (Å²) >= 11 is 0. The summed E-state index contributed by atoms with van der Waals surface area (Å²) in [7, 11) is 1.38. The number of hydrogen-bond donors (Lipinski definition) is 1. The number of allylic oxidation sites excluding steroid dienone is 1. The van der Waals surface area contributed by atoms with Gasteiger partial charge >= 0.3 is 5.97 Å². The van der Waals surface area contributed by atoms with E-state index < -0.39 is 5.41 Å². The highest BCUT2D eigenvalue weighted by Crippen LogP contribution is 2.56. The van der Waals surface area contributed by atoms with Gasteiger partial charge < -0.3 is 9.84 Å². The lowest BCUT2D eigenvalue weighted by Crippen LogP contribution is -2.51. The van der Waals surface area contributed by atoms with Gasteiger partial charge in [-0.05, 0) is 67.0 Å². The summed E-state index contributed by atoms with van der Waals surface area (Å²) in [5, 5.41) is 10.1. The van der Waals surface area contributed by atoms with Crippen molar-refractivity contribution >= 4 is 11.8 Å². The van der Waals surface area contributed by atoms with E-state index in [1.165, 1.54) is 7.11 Å². The van der Waals surface area contributed by atoms with Crippen molar-refractivity contribution in [3.63, 3.8) is 0 Å². The Morgan fingerprint density at radius 1 is 0.976 bits per heavy atom. The summed E-state index contributed by atoms with van der Waals surface area (Å²) in [6.45, 7) is 3.91. The Morgan fingerprint density at radius 2 is 1.71 bits per heavy atom. The molecule has 2 aliphatic carbocycles. The number of aromatic nitrogens is 2. The van der Waals surface area contributed by atoms with Gasteiger partial charge in [-0.3, -0.25) is 4.79 Å². The minimum atomic E-state index is -0.555. The highest BCUT2D eigenvalue weighted by atomic mass is 16.5. The molecule has 6 rings (SSSR count). The number of ketones is 1. The van der Waals surface area contributed by atoms with Gasteiger partial charge in [0.2, 0.25) is 0 Å². The van der Waals surface area contributed by atoms with Crippen molar-refractivity contribution in [1.29, 1.82) is 0 Å². The molecular formula is C35H32N2O4. The third-order valence-electron chi connectivity index (χ3n) is 8.90. The van der Waals surface area contributed by atoms with E-state index in [1.807, 2.05) is 56.3 Å². The molecular weight excluding hydrogens is 512 g/mol. The average molecular weight is 545 g/mol. The molecule has 0 aliphatic heterocycles. The SMILES string of the molecule is COC(=O)c1ccc(-c2cccc(-c3nc(C)nc4c3CC[C@H]3[C@H](C)C(=O)/C(=C\O)C[C@]43c3ccccc3)c2)cc1. The first-order valence-electron chi connectivity index (χ1n) is 14.0. The first-order chi connectivity index (χ1) is 19.9. The van der Waals surface area contributed by atoms with Crippen LogP contribution in [0.15, 0.2) is 90.7 Å². The second-order valence-corrected chi connectivity index (χ2v) is 11.1. The molecule has 3 atom stereocenters. The topological polar surface area (TPSA) is 89.4 Å². The molecule has 206 valence electrons. The number of rotatable bonds is 4. The summed E-state index contributed by atoms with van der Waals surface area (Å²) in [6, 6.07) is 26.0. The van der Waals surface area contributed by atoms with E-state index in [1.54, 1.807) is 12.1 Å². The number of aliphatic hydroxyl groups is 1. The van der Waals surface area contributed by atoms with Crippen molar-refractivity contribution in [2.45, 2.75) is 38.5 Å². The van der Waals surface area contributed by atoms with Crippen LogP contribution in [0.3, 0.4) is 0 Å². The minimum Gasteiger partial charge on any atom is -0.515 e. The molecule has 41 heavy (non-hydrogen) atoms. The van der Waals surface area contributed by atoms with Crippen LogP contribution < -0.4 is 0 Å². The van der Waals surface area contributed by atoms with Crippen molar-refractivity contribution in [2.24, 2.45) is 11.8 Å². The number of aryl methyl sites for hydroxylation is 1. The Morgan fingerprint density at radius 3 is 2.41 bits per heavy atom. The van der Waals surface area contributed by atoms with Crippen LogP contribution in [-0.4, -0.2) is 33.9 Å². The monoisotopic (exact) mass is 544 g/mol. The molecule has 4 aromatic rings. The fraction of sp³-hybridized carbons (Fsp3) is 0.257. The van der Waals surface area contributed by atoms with Crippen LogP contribution in [0.1, 0.15) is 52.8 Å². The Balaban J connectivity index is 1.52. The summed E-state index contributed by atoms with van der Waals surface area (Å²) in [6.07, 6.45) is 2.98. The average Bonchev–Trinajstić information content (AvgIpc) is 3.02. The van der Waals surface area contributed by atoms with Gasteiger partial charge in [0.1, 0.15) is 5.82 Å². The number of methoxy groups -OCH3 is 1. The predicted octanol–water partition coefficient (Wildman–Crippen LogP) is 6.80. The summed E-state index contributed by atoms with van der Waals surface area (Å²) in [5.41, 5.74) is 7.42. The van der Waals surface area contributed by atoms with Gasteiger partial charge in [0.25, 0.3) is 0 Å². The largest absolute Gasteiger partial charge is 0.515 e. The quantitative estimate of drug-likeness (QED) is 0.173. The number of carbonyl (C=O) groups excluding carboxylic acids is 2. The molecule has 0 radical (unpaired) electrons. The van der Waals surface area contributed by atoms with Crippen molar-refractivity contribution in [3.8, 4) is 22.4 Å². The number of fused-ring (bicyclic) bond motifs is 3. The first kappa shape index (κ1) is 26.6. The molecule has 0 unspecified atom stereocenters. The third kappa shape index (κ3) is 4.34. The van der Waals surface area contributed by atoms with Gasteiger partial charge in [0.15, 0.2) is 5.78 Å². The molecule has 6 nitrogen and oxygen atoms in total. The number of ether oxygens (including phenoxy) is 1. The van der Waals surface area contributed by atoms with E-state index >= 15 is 0 Å². The normalized spacial score (nSPS) is 22.6. The van der Waals surface area contributed by atoms with Crippen molar-refractivity contribution in [3.05, 3.63) is 119 Å². The number of Topliss-reactive ketones (excluding diaryl/α,β-unsaturated/α-hetero) is 1. The van der Waals surface area contributed by atoms with E-state index in [4.69, 9.17) is 14.7 Å². The van der Waals surface area contributed by atoms with E-state index in [0.29, 0.717) is 23.4 Å². The summed E-state index contributed by atoms with van der Waals surface area (Å²) < 4.78 is 4.84. The highest BCUT2D eigenvalue weighted by molar-refractivity contribution is 5.99. The third-order valence-corrected chi connectivity index (χ3v) is 8.90. The Hall–Kier alpha value is -4.58. The molecule has 3 aromatic carbocycles. The maximum atomic E-state index is 13.2. The molecule has 0 amide bonds. The molecule has 1 fully saturated rings. The second-order valence-electron chi connectivity index (χ2n) is 11.1. The van der Waals surface area contributed by atoms with Gasteiger partial charge in [-0.2, -0.15) is 0 Å². The minimum absolute atomic E-state index is 0.0180. The first-order valence-corrected chi connectivity index (χ1v) is 14.0. The molecule has 0 spiro atoms. The fourth-order valence-electron chi connectivity index (χ4n) is 6.98. The van der Waals surface area contributed by atoms with Crippen molar-refractivity contribution < 1.29 is 19.4 Å². The number of hydrogen-bond acceptors (Lipinski definition) is 6. The summed E-state index contributed by atoms with van der Waals surface area (Å²) in [4.78, 5) is 35.2. The van der Waals surface area contributed by atoms with Crippen LogP contribution >= 0.6 is 0 Å². The molecule has 6 heteroatoms. The molecule has 1 aromatic heterocycles. The van der Waals surface area contributed by atoms with Crippen LogP contribution in [0.5, 0.6) is 0 Å². The van der Waals surface area contributed by atoms with E-state index in [9.17, 15) is 14.7 Å². The lowest BCUT2D eigenvalue weighted by Gasteiger charge is -2.51. The van der Waals surface area contributed by atoms with Crippen LogP contribution in [0.2, 0.25) is 0 Å². The van der Waals surface area contributed by atoms with E-state index in [0.717, 1.165) is 58.3 Å². The molecule has 1 saturated carbocycles. The van der Waals surface area contributed by atoms with Crippen molar-refractivity contribution in [1.82, 2.24) is 9.97 Å². The van der Waals surface area contributed by atoms with Crippen molar-refractivity contribution in [2.75, 3.05) is 7.11 Å². The lowest BCUT2D eigenvalue weighted by atomic mass is 9.52. The standard InChI is InChI=1S/C35H32N2O4/c1-21-30-17-16-29-31(26-9-7-8-25(18-26)23-12-14-24(15-13-23)34(40)41-3)36-22(2)37-33(29)35(30,19-27(20-38)32(21)39)28-10-5-4-6-11-28/h4-15,18,20-21,30,38H,16-17,19H2,1-3H3/b27-20-/t21-,30-,35+/m0/s1. The van der Waals surface area contributed by atoms with Gasteiger partial charge in [-0.1, -0.05) is 67.6 Å². The summed E-state index contributed by atoms with van der Waals surface area (Å²) in [5.74, 6) is 0.129. The highest BCUT2D eigenvalue weighted by Gasteiger charge is 2.55. The van der Waals surface area contributed by atoms with Gasteiger partial charge in [-0.25, -0.2) is 14.8 Å². The Labute approximate surface area is 239 Å². The van der Waals surface area contributed by atoms with Gasteiger partial charge in [0.05, 0.1) is 30.3 Å². The van der Waals surface area contributed by atoms with Crippen LogP contribution in [0.25, 0.3) is 22.4 Å². The number of esters is 1. The zero-order valence-electron chi connectivity index (χ0n) is 23.4. The molecule has 1 N–H and O–H groups in total. The zero-order valence-corrected chi connectivity index (χ0v) is 23.4. The number of carbonyl (C=O) groups is 2. The van der Waals surface area contributed by atoms with Gasteiger partial charge in [-0.15, -0.1) is 0 Å². The lowest BCUT2D eigenvalue weighted by molar-refractivity contribution is -0.123. The van der Waals surface area contributed by atoms with Crippen LogP contribution in [0, 0.1) is 18.8 Å². The second kappa shape index (κ2) is 10.4. The molecule has 0 saturated heterocycles.